The van der Waals surface area contributed by atoms with Crippen LogP contribution >= 0.6 is 11.6 Å². The maximum absolute atomic E-state index is 12.6. The molecule has 3 aromatic rings. The van der Waals surface area contributed by atoms with Gasteiger partial charge in [-0.25, -0.2) is 9.78 Å². The summed E-state index contributed by atoms with van der Waals surface area (Å²) in [7, 11) is 1.62. The van der Waals surface area contributed by atoms with Gasteiger partial charge in [0.1, 0.15) is 31.8 Å². The van der Waals surface area contributed by atoms with Gasteiger partial charge in [-0.3, -0.25) is 14.3 Å². The lowest BCUT2D eigenvalue weighted by Gasteiger charge is -2.32. The fraction of sp³-hybridized carbons (Fsp3) is 0.450. The number of aryl methyl sites for hydroxylation is 1. The van der Waals surface area contributed by atoms with Crippen molar-refractivity contribution in [1.29, 1.82) is 0 Å². The summed E-state index contributed by atoms with van der Waals surface area (Å²) in [5.74, 6) is 0.776. The molecule has 2 atom stereocenters. The SMILES string of the molecule is C[C@@H]1C[NH+](Cc2nc3c(c(=O)[nH]c(=O)n3C)n2Cc2ccc(Cl)cc2)C[C@@H](C)O1. The van der Waals surface area contributed by atoms with Gasteiger partial charge in [0, 0.05) is 18.6 Å². The first-order valence-electron chi connectivity index (χ1n) is 9.73. The fourth-order valence-corrected chi connectivity index (χ4v) is 4.24. The highest BCUT2D eigenvalue weighted by Crippen LogP contribution is 2.16. The maximum Gasteiger partial charge on any atom is 0.329 e. The second-order valence-electron chi connectivity index (χ2n) is 7.82. The number of nitrogens with one attached hydrogen (secondary N) is 2. The molecule has 0 spiro atoms. The van der Waals surface area contributed by atoms with Gasteiger partial charge in [0.25, 0.3) is 5.56 Å². The van der Waals surface area contributed by atoms with Gasteiger partial charge in [-0.1, -0.05) is 23.7 Å². The molecule has 1 aliphatic rings. The molecule has 2 aromatic heterocycles. The van der Waals surface area contributed by atoms with Crippen LogP contribution in [0.4, 0.5) is 0 Å². The number of fused-ring (bicyclic) bond motifs is 1. The number of ether oxygens (including phenoxy) is 1. The molecule has 0 aliphatic carbocycles. The summed E-state index contributed by atoms with van der Waals surface area (Å²) in [5.41, 5.74) is 0.921. The normalized spacial score (nSPS) is 22.3. The Labute approximate surface area is 172 Å². The average Bonchev–Trinajstić information content (AvgIpc) is 2.99. The van der Waals surface area contributed by atoms with Crippen LogP contribution in [0.3, 0.4) is 0 Å². The van der Waals surface area contributed by atoms with Crippen LogP contribution in [0.1, 0.15) is 25.2 Å². The van der Waals surface area contributed by atoms with Crippen LogP contribution in [-0.2, 0) is 24.9 Å². The lowest BCUT2D eigenvalue weighted by molar-refractivity contribution is -0.929. The number of morpholine rings is 1. The summed E-state index contributed by atoms with van der Waals surface area (Å²) < 4.78 is 9.14. The van der Waals surface area contributed by atoms with E-state index < -0.39 is 11.2 Å². The van der Waals surface area contributed by atoms with E-state index in [2.05, 4.69) is 18.8 Å². The Balaban J connectivity index is 1.80. The molecule has 0 bridgehead atoms. The van der Waals surface area contributed by atoms with Crippen LogP contribution in [0, 0.1) is 0 Å². The molecule has 1 fully saturated rings. The van der Waals surface area contributed by atoms with E-state index in [9.17, 15) is 9.59 Å². The Morgan fingerprint density at radius 1 is 1.21 bits per heavy atom. The van der Waals surface area contributed by atoms with Crippen molar-refractivity contribution in [3.8, 4) is 0 Å². The second kappa shape index (κ2) is 7.78. The van der Waals surface area contributed by atoms with E-state index in [0.29, 0.717) is 29.3 Å². The van der Waals surface area contributed by atoms with Crippen molar-refractivity contribution in [3.63, 3.8) is 0 Å². The first kappa shape index (κ1) is 19.9. The molecule has 9 heteroatoms. The summed E-state index contributed by atoms with van der Waals surface area (Å²) >= 11 is 6.01. The van der Waals surface area contributed by atoms with Crippen molar-refractivity contribution in [3.05, 3.63) is 61.5 Å². The largest absolute Gasteiger partial charge is 0.364 e. The molecule has 1 saturated heterocycles. The Hall–Kier alpha value is -2.42. The van der Waals surface area contributed by atoms with Crippen molar-refractivity contribution in [1.82, 2.24) is 19.1 Å². The Kier molecular flexibility index (Phi) is 5.33. The lowest BCUT2D eigenvalue weighted by Crippen LogP contribution is -3.14. The van der Waals surface area contributed by atoms with Crippen LogP contribution in [-0.4, -0.2) is 44.4 Å². The van der Waals surface area contributed by atoms with E-state index in [4.69, 9.17) is 21.3 Å². The third kappa shape index (κ3) is 4.01. The molecule has 2 N–H and O–H groups in total. The zero-order chi connectivity index (χ0) is 20.7. The van der Waals surface area contributed by atoms with Gasteiger partial charge in [-0.05, 0) is 31.5 Å². The lowest BCUT2D eigenvalue weighted by atomic mass is 10.2. The highest BCUT2D eigenvalue weighted by atomic mass is 35.5. The summed E-state index contributed by atoms with van der Waals surface area (Å²) in [5, 5.41) is 0.658. The van der Waals surface area contributed by atoms with E-state index in [1.807, 2.05) is 28.8 Å². The molecule has 4 rings (SSSR count). The number of quaternary nitrogens is 1. The Morgan fingerprint density at radius 2 is 1.86 bits per heavy atom. The molecule has 1 aliphatic heterocycles. The van der Waals surface area contributed by atoms with Crippen molar-refractivity contribution >= 4 is 22.8 Å². The molecule has 0 saturated carbocycles. The number of benzene rings is 1. The number of rotatable bonds is 4. The Morgan fingerprint density at radius 3 is 2.52 bits per heavy atom. The first-order valence-corrected chi connectivity index (χ1v) is 10.1. The van der Waals surface area contributed by atoms with Gasteiger partial charge in [0.2, 0.25) is 0 Å². The molecule has 0 amide bonds. The fourth-order valence-electron chi connectivity index (χ4n) is 4.11. The molecule has 154 valence electrons. The van der Waals surface area contributed by atoms with Gasteiger partial charge < -0.3 is 14.2 Å². The summed E-state index contributed by atoms with van der Waals surface area (Å²) in [6, 6.07) is 7.51. The van der Waals surface area contributed by atoms with Gasteiger partial charge in [-0.15, -0.1) is 0 Å². The zero-order valence-electron chi connectivity index (χ0n) is 16.7. The van der Waals surface area contributed by atoms with Crippen molar-refractivity contribution in [2.45, 2.75) is 39.1 Å². The van der Waals surface area contributed by atoms with Crippen LogP contribution in [0.25, 0.3) is 11.2 Å². The van der Waals surface area contributed by atoms with E-state index >= 15 is 0 Å². The quantitative estimate of drug-likeness (QED) is 0.638. The first-order chi connectivity index (χ1) is 13.8. The minimum Gasteiger partial charge on any atom is -0.364 e. The number of aromatic amines is 1. The number of halogens is 1. The average molecular weight is 419 g/mol. The molecule has 3 heterocycles. The minimum absolute atomic E-state index is 0.163. The summed E-state index contributed by atoms with van der Waals surface area (Å²) in [4.78, 5) is 33.2. The van der Waals surface area contributed by atoms with Crippen LogP contribution in [0.15, 0.2) is 33.9 Å². The van der Waals surface area contributed by atoms with Crippen LogP contribution < -0.4 is 16.1 Å². The summed E-state index contributed by atoms with van der Waals surface area (Å²) in [6.45, 7) is 6.99. The van der Waals surface area contributed by atoms with E-state index in [1.54, 1.807) is 7.05 Å². The van der Waals surface area contributed by atoms with Crippen molar-refractivity contribution in [2.24, 2.45) is 7.05 Å². The van der Waals surface area contributed by atoms with Crippen molar-refractivity contribution < 1.29 is 9.64 Å². The third-order valence-corrected chi connectivity index (χ3v) is 5.62. The smallest absolute Gasteiger partial charge is 0.329 e. The van der Waals surface area contributed by atoms with E-state index in [-0.39, 0.29) is 12.2 Å². The van der Waals surface area contributed by atoms with Gasteiger partial charge >= 0.3 is 5.69 Å². The van der Waals surface area contributed by atoms with Crippen LogP contribution in [0.5, 0.6) is 0 Å². The molecule has 0 radical (unpaired) electrons. The van der Waals surface area contributed by atoms with Gasteiger partial charge in [0.15, 0.2) is 17.0 Å². The van der Waals surface area contributed by atoms with Crippen molar-refractivity contribution in [2.75, 3.05) is 13.1 Å². The third-order valence-electron chi connectivity index (χ3n) is 5.37. The monoisotopic (exact) mass is 418 g/mol. The second-order valence-corrected chi connectivity index (χ2v) is 8.26. The topological polar surface area (TPSA) is 86.4 Å². The van der Waals surface area contributed by atoms with E-state index in [1.165, 1.54) is 9.47 Å². The number of imidazole rings is 1. The maximum atomic E-state index is 12.6. The number of hydrogen-bond acceptors (Lipinski definition) is 4. The molecular formula is C20H25ClN5O3+. The number of hydrogen-bond donors (Lipinski definition) is 2. The molecule has 0 unspecified atom stereocenters. The predicted octanol–water partition coefficient (Wildman–Crippen LogP) is 0.317. The van der Waals surface area contributed by atoms with Crippen LogP contribution in [0.2, 0.25) is 5.02 Å². The number of aromatic nitrogens is 4. The van der Waals surface area contributed by atoms with E-state index in [0.717, 1.165) is 24.5 Å². The van der Waals surface area contributed by atoms with Gasteiger partial charge in [0.05, 0.1) is 0 Å². The molecular weight excluding hydrogens is 394 g/mol. The molecule has 29 heavy (non-hydrogen) atoms. The highest BCUT2D eigenvalue weighted by Gasteiger charge is 2.28. The number of H-pyrrole nitrogens is 1. The Bertz CT molecular complexity index is 1140. The van der Waals surface area contributed by atoms with Gasteiger partial charge in [-0.2, -0.15) is 0 Å². The molecule has 1 aromatic carbocycles. The summed E-state index contributed by atoms with van der Waals surface area (Å²) in [6.07, 6.45) is 0.325. The highest BCUT2D eigenvalue weighted by molar-refractivity contribution is 6.30. The minimum atomic E-state index is -0.467. The predicted molar refractivity (Wildman–Crippen MR) is 111 cm³/mol. The zero-order valence-corrected chi connectivity index (χ0v) is 17.5. The standard InChI is InChI=1S/C20H24ClN5O3/c1-12-8-25(9-13(2)29-12)11-16-22-18-17(19(27)23-20(28)24(18)3)26(16)10-14-4-6-15(21)7-5-14/h4-7,12-13H,8-11H2,1-3H3,(H,23,27,28)/p+1/t12-,13-/m1/s1. The molecule has 8 nitrogen and oxygen atoms in total. The number of nitrogens with zero attached hydrogens (tertiary/aromatic N) is 3.